The van der Waals surface area contributed by atoms with Crippen molar-refractivity contribution in [1.29, 1.82) is 0 Å². The predicted molar refractivity (Wildman–Crippen MR) is 112 cm³/mol. The predicted octanol–water partition coefficient (Wildman–Crippen LogP) is 3.30. The molecule has 2 aliphatic rings. The summed E-state index contributed by atoms with van der Waals surface area (Å²) in [6.45, 7) is 9.09. The fourth-order valence-electron chi connectivity index (χ4n) is 3.86. The first-order valence-corrected chi connectivity index (χ1v) is 10.8. The van der Waals surface area contributed by atoms with Gasteiger partial charge in [-0.3, -0.25) is 4.90 Å². The minimum atomic E-state index is 0.424. The average molecular weight is 373 g/mol. The smallest absolute Gasteiger partial charge is 0.191 e. The molecule has 27 heavy (non-hydrogen) atoms. The number of nitrogens with one attached hydrogen (secondary N) is 2. The lowest BCUT2D eigenvalue weighted by atomic mass is 10.1. The zero-order valence-electron chi connectivity index (χ0n) is 16.9. The van der Waals surface area contributed by atoms with Gasteiger partial charge in [-0.25, -0.2) is 4.99 Å². The van der Waals surface area contributed by atoms with Gasteiger partial charge in [-0.05, 0) is 63.2 Å². The maximum Gasteiger partial charge on any atom is 0.191 e. The Morgan fingerprint density at radius 1 is 1.07 bits per heavy atom. The number of guanidine groups is 1. The van der Waals surface area contributed by atoms with Crippen LogP contribution in [0.5, 0.6) is 0 Å². The molecule has 2 N–H and O–H groups in total. The van der Waals surface area contributed by atoms with E-state index in [0.717, 1.165) is 38.6 Å². The monoisotopic (exact) mass is 372 g/mol. The quantitative estimate of drug-likeness (QED) is 0.543. The molecule has 150 valence electrons. The van der Waals surface area contributed by atoms with Crippen molar-refractivity contribution < 1.29 is 4.74 Å². The van der Waals surface area contributed by atoms with Crippen LogP contribution in [0.25, 0.3) is 0 Å². The summed E-state index contributed by atoms with van der Waals surface area (Å²) < 4.78 is 5.69. The first-order chi connectivity index (χ1) is 13.3. The van der Waals surface area contributed by atoms with Gasteiger partial charge < -0.3 is 15.4 Å². The van der Waals surface area contributed by atoms with Crippen molar-refractivity contribution in [3.8, 4) is 0 Å². The maximum absolute atomic E-state index is 5.69. The highest BCUT2D eigenvalue weighted by molar-refractivity contribution is 5.79. The zero-order chi connectivity index (χ0) is 18.7. The second-order valence-corrected chi connectivity index (χ2v) is 7.70. The molecule has 0 saturated carbocycles. The normalized spacial score (nSPS) is 21.4. The van der Waals surface area contributed by atoms with Crippen LogP contribution in [0.3, 0.4) is 0 Å². The molecule has 2 saturated heterocycles. The van der Waals surface area contributed by atoms with Crippen molar-refractivity contribution in [3.05, 3.63) is 35.4 Å². The van der Waals surface area contributed by atoms with Gasteiger partial charge in [-0.1, -0.05) is 30.7 Å². The molecule has 3 rings (SSSR count). The van der Waals surface area contributed by atoms with Crippen LogP contribution in [0, 0.1) is 0 Å². The Labute approximate surface area is 164 Å². The van der Waals surface area contributed by atoms with E-state index in [2.05, 4.69) is 46.7 Å². The van der Waals surface area contributed by atoms with E-state index in [1.54, 1.807) is 0 Å². The third-order valence-corrected chi connectivity index (χ3v) is 5.42. The summed E-state index contributed by atoms with van der Waals surface area (Å²) in [5, 5.41) is 6.77. The van der Waals surface area contributed by atoms with Gasteiger partial charge in [0.15, 0.2) is 5.96 Å². The van der Waals surface area contributed by atoms with Gasteiger partial charge in [0.1, 0.15) is 0 Å². The Balaban J connectivity index is 1.44. The largest absolute Gasteiger partial charge is 0.378 e. The number of ether oxygens (including phenoxy) is 1. The van der Waals surface area contributed by atoms with Crippen molar-refractivity contribution >= 4 is 5.96 Å². The Morgan fingerprint density at radius 2 is 1.85 bits per heavy atom. The standard InChI is InChI=1S/C22H36N4O/c1-2-23-22(24-13-12-21-7-6-16-27-21)25-17-19-8-10-20(11-9-19)18-26-14-4-3-5-15-26/h8-11,21H,2-7,12-18H2,1H3,(H2,23,24,25). The summed E-state index contributed by atoms with van der Waals surface area (Å²) in [6.07, 6.45) is 7.96. The summed E-state index contributed by atoms with van der Waals surface area (Å²) in [5.41, 5.74) is 2.67. The lowest BCUT2D eigenvalue weighted by molar-refractivity contribution is 0.105. The van der Waals surface area contributed by atoms with E-state index in [-0.39, 0.29) is 0 Å². The molecule has 0 amide bonds. The summed E-state index contributed by atoms with van der Waals surface area (Å²) >= 11 is 0. The maximum atomic E-state index is 5.69. The van der Waals surface area contributed by atoms with Crippen molar-refractivity contribution in [1.82, 2.24) is 15.5 Å². The highest BCUT2D eigenvalue weighted by atomic mass is 16.5. The van der Waals surface area contributed by atoms with Crippen LogP contribution >= 0.6 is 0 Å². The Bertz CT molecular complexity index is 560. The minimum Gasteiger partial charge on any atom is -0.378 e. The van der Waals surface area contributed by atoms with E-state index in [9.17, 15) is 0 Å². The number of rotatable bonds is 8. The molecule has 1 unspecified atom stereocenters. The molecule has 0 spiro atoms. The number of benzene rings is 1. The first-order valence-electron chi connectivity index (χ1n) is 10.8. The van der Waals surface area contributed by atoms with Crippen LogP contribution in [0.2, 0.25) is 0 Å². The number of aliphatic imine (C=N–C) groups is 1. The van der Waals surface area contributed by atoms with Crippen LogP contribution in [-0.4, -0.2) is 49.7 Å². The highest BCUT2D eigenvalue weighted by Gasteiger charge is 2.14. The van der Waals surface area contributed by atoms with Gasteiger partial charge >= 0.3 is 0 Å². The lowest BCUT2D eigenvalue weighted by Gasteiger charge is -2.26. The molecule has 0 aromatic heterocycles. The Kier molecular flexibility index (Phi) is 8.43. The number of piperidine rings is 1. The first kappa shape index (κ1) is 20.2. The zero-order valence-corrected chi connectivity index (χ0v) is 16.9. The minimum absolute atomic E-state index is 0.424. The van der Waals surface area contributed by atoms with Gasteiger partial charge in [0.2, 0.25) is 0 Å². The molecule has 0 radical (unpaired) electrons. The van der Waals surface area contributed by atoms with Crippen LogP contribution in [0.15, 0.2) is 29.3 Å². The Morgan fingerprint density at radius 3 is 2.56 bits per heavy atom. The van der Waals surface area contributed by atoms with E-state index >= 15 is 0 Å². The molecule has 1 aromatic carbocycles. The second-order valence-electron chi connectivity index (χ2n) is 7.70. The summed E-state index contributed by atoms with van der Waals surface area (Å²) in [4.78, 5) is 7.30. The van der Waals surface area contributed by atoms with Crippen molar-refractivity contribution in [2.24, 2.45) is 4.99 Å². The third kappa shape index (κ3) is 7.15. The van der Waals surface area contributed by atoms with E-state index < -0.39 is 0 Å². The fourth-order valence-corrected chi connectivity index (χ4v) is 3.86. The number of hydrogen-bond acceptors (Lipinski definition) is 3. The van der Waals surface area contributed by atoms with Crippen molar-refractivity contribution in [2.45, 2.75) is 64.6 Å². The van der Waals surface area contributed by atoms with Crippen LogP contribution in [-0.2, 0) is 17.8 Å². The van der Waals surface area contributed by atoms with E-state index in [1.807, 2.05) is 0 Å². The summed E-state index contributed by atoms with van der Waals surface area (Å²) in [5.74, 6) is 0.896. The lowest BCUT2D eigenvalue weighted by Crippen LogP contribution is -2.38. The van der Waals surface area contributed by atoms with Crippen molar-refractivity contribution in [3.63, 3.8) is 0 Å². The molecule has 2 fully saturated rings. The molecule has 0 bridgehead atoms. The molecule has 5 nitrogen and oxygen atoms in total. The Hall–Kier alpha value is -1.59. The topological polar surface area (TPSA) is 48.9 Å². The molecule has 1 atom stereocenters. The average Bonchev–Trinajstić information content (AvgIpc) is 3.21. The van der Waals surface area contributed by atoms with Gasteiger partial charge in [-0.15, -0.1) is 0 Å². The molecule has 2 heterocycles. The molecule has 5 heteroatoms. The van der Waals surface area contributed by atoms with Crippen LogP contribution < -0.4 is 10.6 Å². The molecule has 2 aliphatic heterocycles. The third-order valence-electron chi connectivity index (χ3n) is 5.42. The summed E-state index contributed by atoms with van der Waals surface area (Å²) in [7, 11) is 0. The van der Waals surface area contributed by atoms with E-state index in [4.69, 9.17) is 9.73 Å². The molecular formula is C22H36N4O. The number of hydrogen-bond donors (Lipinski definition) is 2. The SMILES string of the molecule is CCNC(=NCc1ccc(CN2CCCCC2)cc1)NCCC1CCCO1. The molecular weight excluding hydrogens is 336 g/mol. The van der Waals surface area contributed by atoms with Crippen molar-refractivity contribution in [2.75, 3.05) is 32.8 Å². The number of likely N-dealkylation sites (tertiary alicyclic amines) is 1. The summed E-state index contributed by atoms with van der Waals surface area (Å²) in [6, 6.07) is 8.96. The van der Waals surface area contributed by atoms with Crippen LogP contribution in [0.1, 0.15) is 56.6 Å². The molecule has 1 aromatic rings. The fraction of sp³-hybridized carbons (Fsp3) is 0.682. The molecule has 0 aliphatic carbocycles. The van der Waals surface area contributed by atoms with Gasteiger partial charge in [0.05, 0.1) is 12.6 Å². The number of nitrogens with zero attached hydrogens (tertiary/aromatic N) is 2. The van der Waals surface area contributed by atoms with E-state index in [0.29, 0.717) is 12.6 Å². The van der Waals surface area contributed by atoms with Gasteiger partial charge in [0, 0.05) is 26.2 Å². The second kappa shape index (κ2) is 11.3. The van der Waals surface area contributed by atoms with Gasteiger partial charge in [0.25, 0.3) is 0 Å². The van der Waals surface area contributed by atoms with Crippen LogP contribution in [0.4, 0.5) is 0 Å². The van der Waals surface area contributed by atoms with Gasteiger partial charge in [-0.2, -0.15) is 0 Å². The van der Waals surface area contributed by atoms with E-state index in [1.165, 1.54) is 56.3 Å². The highest BCUT2D eigenvalue weighted by Crippen LogP contribution is 2.15.